The van der Waals surface area contributed by atoms with Crippen LogP contribution in [-0.2, 0) is 6.54 Å². The molecule has 0 fully saturated rings. The van der Waals surface area contributed by atoms with Crippen LogP contribution in [0.5, 0.6) is 0 Å². The molecule has 0 unspecified atom stereocenters. The highest BCUT2D eigenvalue weighted by atomic mass is 15.1. The van der Waals surface area contributed by atoms with Gasteiger partial charge in [0, 0.05) is 32.7 Å². The van der Waals surface area contributed by atoms with Crippen LogP contribution < -0.4 is 5.32 Å². The molecular formula is C15H27N3. The van der Waals surface area contributed by atoms with Crippen LogP contribution in [0.1, 0.15) is 11.1 Å². The number of hydrogen-bond acceptors (Lipinski definition) is 3. The molecule has 0 bridgehead atoms. The molecule has 18 heavy (non-hydrogen) atoms. The van der Waals surface area contributed by atoms with E-state index in [-0.39, 0.29) is 0 Å². The molecule has 0 saturated heterocycles. The molecule has 1 rings (SSSR count). The summed E-state index contributed by atoms with van der Waals surface area (Å²) in [6, 6.07) is 8.74. The highest BCUT2D eigenvalue weighted by Gasteiger charge is 2.00. The molecule has 0 aliphatic rings. The average Bonchev–Trinajstić information content (AvgIpc) is 2.28. The predicted molar refractivity (Wildman–Crippen MR) is 78.9 cm³/mol. The lowest BCUT2D eigenvalue weighted by atomic mass is 10.1. The van der Waals surface area contributed by atoms with E-state index in [1.165, 1.54) is 11.1 Å². The second-order valence-corrected chi connectivity index (χ2v) is 5.28. The van der Waals surface area contributed by atoms with Gasteiger partial charge in [0.1, 0.15) is 0 Å². The largest absolute Gasteiger partial charge is 0.314 e. The van der Waals surface area contributed by atoms with Crippen molar-refractivity contribution in [3.05, 3.63) is 35.4 Å². The van der Waals surface area contributed by atoms with E-state index in [9.17, 15) is 0 Å². The summed E-state index contributed by atoms with van der Waals surface area (Å²) in [5.41, 5.74) is 2.73. The third kappa shape index (κ3) is 6.74. The lowest BCUT2D eigenvalue weighted by Crippen LogP contribution is -2.33. The van der Waals surface area contributed by atoms with Crippen LogP contribution in [0, 0.1) is 6.92 Å². The van der Waals surface area contributed by atoms with Gasteiger partial charge < -0.3 is 15.1 Å². The zero-order chi connectivity index (χ0) is 13.4. The van der Waals surface area contributed by atoms with Crippen LogP contribution in [0.2, 0.25) is 0 Å². The molecule has 0 aliphatic carbocycles. The highest BCUT2D eigenvalue weighted by Crippen LogP contribution is 2.05. The molecule has 1 N–H and O–H groups in total. The standard InChI is InChI=1S/C15H27N3/c1-14-6-5-7-15(12-14)13-18(4)11-9-16-8-10-17(2)3/h5-7,12,16H,8-11,13H2,1-4H3. The van der Waals surface area contributed by atoms with Gasteiger partial charge in [-0.2, -0.15) is 0 Å². The third-order valence-corrected chi connectivity index (χ3v) is 2.94. The summed E-state index contributed by atoms with van der Waals surface area (Å²) in [6.07, 6.45) is 0. The zero-order valence-corrected chi connectivity index (χ0v) is 12.2. The van der Waals surface area contributed by atoms with Crippen LogP contribution >= 0.6 is 0 Å². The normalized spacial score (nSPS) is 11.4. The minimum atomic E-state index is 1.02. The summed E-state index contributed by atoms with van der Waals surface area (Å²) < 4.78 is 0. The van der Waals surface area contributed by atoms with E-state index in [0.717, 1.165) is 32.7 Å². The number of nitrogens with zero attached hydrogens (tertiary/aromatic N) is 2. The molecule has 1 aromatic carbocycles. The third-order valence-electron chi connectivity index (χ3n) is 2.94. The molecule has 3 nitrogen and oxygen atoms in total. The van der Waals surface area contributed by atoms with Crippen LogP contribution in [0.4, 0.5) is 0 Å². The van der Waals surface area contributed by atoms with Gasteiger partial charge in [-0.25, -0.2) is 0 Å². The Hall–Kier alpha value is -0.900. The molecule has 3 heteroatoms. The summed E-state index contributed by atoms with van der Waals surface area (Å²) in [4.78, 5) is 4.56. The number of rotatable bonds is 8. The average molecular weight is 249 g/mol. The molecule has 1 aromatic rings. The highest BCUT2D eigenvalue weighted by molar-refractivity contribution is 5.21. The second kappa shape index (κ2) is 8.25. The monoisotopic (exact) mass is 249 g/mol. The Morgan fingerprint density at radius 2 is 1.78 bits per heavy atom. The Morgan fingerprint density at radius 3 is 2.44 bits per heavy atom. The smallest absolute Gasteiger partial charge is 0.0231 e. The summed E-state index contributed by atoms with van der Waals surface area (Å²) in [6.45, 7) is 7.47. The molecule has 0 amide bonds. The molecule has 0 spiro atoms. The Labute approximate surface area is 112 Å². The maximum atomic E-state index is 3.46. The summed E-state index contributed by atoms with van der Waals surface area (Å²) in [5.74, 6) is 0. The first-order valence-corrected chi connectivity index (χ1v) is 6.67. The maximum absolute atomic E-state index is 3.46. The molecule has 0 radical (unpaired) electrons. The zero-order valence-electron chi connectivity index (χ0n) is 12.2. The Morgan fingerprint density at radius 1 is 1.06 bits per heavy atom. The van der Waals surface area contributed by atoms with Crippen molar-refractivity contribution in [1.82, 2.24) is 15.1 Å². The van der Waals surface area contributed by atoms with E-state index in [1.807, 2.05) is 0 Å². The summed E-state index contributed by atoms with van der Waals surface area (Å²) in [5, 5.41) is 3.46. The lowest BCUT2D eigenvalue weighted by molar-refractivity contribution is 0.319. The van der Waals surface area contributed by atoms with Crippen molar-refractivity contribution in [1.29, 1.82) is 0 Å². The first-order chi connectivity index (χ1) is 8.58. The topological polar surface area (TPSA) is 18.5 Å². The first kappa shape index (κ1) is 15.2. The van der Waals surface area contributed by atoms with Crippen molar-refractivity contribution in [3.63, 3.8) is 0 Å². The molecule has 0 aromatic heterocycles. The van der Waals surface area contributed by atoms with Crippen LogP contribution in [-0.4, -0.2) is 57.1 Å². The van der Waals surface area contributed by atoms with Crippen molar-refractivity contribution in [2.45, 2.75) is 13.5 Å². The number of hydrogen-bond donors (Lipinski definition) is 1. The molecule has 0 heterocycles. The van der Waals surface area contributed by atoms with E-state index in [0.29, 0.717) is 0 Å². The van der Waals surface area contributed by atoms with Gasteiger partial charge in [-0.15, -0.1) is 0 Å². The van der Waals surface area contributed by atoms with Crippen molar-refractivity contribution >= 4 is 0 Å². The van der Waals surface area contributed by atoms with Crippen LogP contribution in [0.15, 0.2) is 24.3 Å². The Balaban J connectivity index is 2.16. The first-order valence-electron chi connectivity index (χ1n) is 6.67. The molecular weight excluding hydrogens is 222 g/mol. The summed E-state index contributed by atoms with van der Waals surface area (Å²) >= 11 is 0. The van der Waals surface area contributed by atoms with Gasteiger partial charge in [0.25, 0.3) is 0 Å². The minimum absolute atomic E-state index is 1.02. The Bertz CT molecular complexity index is 336. The number of benzene rings is 1. The SMILES string of the molecule is Cc1cccc(CN(C)CCNCCN(C)C)c1. The fraction of sp³-hybridized carbons (Fsp3) is 0.600. The molecule has 0 aliphatic heterocycles. The van der Waals surface area contributed by atoms with Crippen LogP contribution in [0.25, 0.3) is 0 Å². The molecule has 102 valence electrons. The van der Waals surface area contributed by atoms with Crippen LogP contribution in [0.3, 0.4) is 0 Å². The quantitative estimate of drug-likeness (QED) is 0.706. The van der Waals surface area contributed by atoms with Gasteiger partial charge in [0.15, 0.2) is 0 Å². The number of nitrogens with one attached hydrogen (secondary N) is 1. The fourth-order valence-corrected chi connectivity index (χ4v) is 1.90. The van der Waals surface area contributed by atoms with Crippen molar-refractivity contribution < 1.29 is 0 Å². The lowest BCUT2D eigenvalue weighted by Gasteiger charge is -2.18. The molecule has 0 atom stereocenters. The summed E-state index contributed by atoms with van der Waals surface area (Å²) in [7, 11) is 6.38. The van der Waals surface area contributed by atoms with Crippen molar-refractivity contribution in [3.8, 4) is 0 Å². The number of aryl methyl sites for hydroxylation is 1. The van der Waals surface area contributed by atoms with E-state index in [2.05, 4.69) is 67.4 Å². The minimum Gasteiger partial charge on any atom is -0.314 e. The van der Waals surface area contributed by atoms with E-state index in [1.54, 1.807) is 0 Å². The van der Waals surface area contributed by atoms with Crippen molar-refractivity contribution in [2.24, 2.45) is 0 Å². The number of likely N-dealkylation sites (N-methyl/N-ethyl adjacent to an activating group) is 2. The van der Waals surface area contributed by atoms with Gasteiger partial charge >= 0.3 is 0 Å². The van der Waals surface area contributed by atoms with Gasteiger partial charge in [-0.1, -0.05) is 29.8 Å². The predicted octanol–water partition coefficient (Wildman–Crippen LogP) is 1.58. The van der Waals surface area contributed by atoms with Crippen molar-refractivity contribution in [2.75, 3.05) is 47.3 Å². The van der Waals surface area contributed by atoms with Gasteiger partial charge in [0.2, 0.25) is 0 Å². The Kier molecular flexibility index (Phi) is 6.94. The van der Waals surface area contributed by atoms with E-state index >= 15 is 0 Å². The molecule has 0 saturated carbocycles. The van der Waals surface area contributed by atoms with E-state index in [4.69, 9.17) is 0 Å². The van der Waals surface area contributed by atoms with Gasteiger partial charge in [-0.3, -0.25) is 0 Å². The van der Waals surface area contributed by atoms with E-state index < -0.39 is 0 Å². The second-order valence-electron chi connectivity index (χ2n) is 5.28. The maximum Gasteiger partial charge on any atom is 0.0231 e. The van der Waals surface area contributed by atoms with Gasteiger partial charge in [0.05, 0.1) is 0 Å². The fourth-order valence-electron chi connectivity index (χ4n) is 1.90. The van der Waals surface area contributed by atoms with Gasteiger partial charge in [-0.05, 0) is 33.6 Å².